The molecule has 3 N–H and O–H groups in total. The van der Waals surface area contributed by atoms with Crippen molar-refractivity contribution in [2.24, 2.45) is 16.6 Å². The molecule has 0 saturated heterocycles. The number of hydrogen-bond donors (Lipinski definition) is 2. The van der Waals surface area contributed by atoms with Gasteiger partial charge in [0.1, 0.15) is 30.0 Å². The van der Waals surface area contributed by atoms with Crippen LogP contribution in [0, 0.1) is 24.1 Å². The summed E-state index contributed by atoms with van der Waals surface area (Å²) in [6.07, 6.45) is 5.69. The number of terminal acetylenes is 1. The summed E-state index contributed by atoms with van der Waals surface area (Å²) in [5, 5.41) is 3.15. The van der Waals surface area contributed by atoms with Crippen molar-refractivity contribution in [3.05, 3.63) is 48.2 Å². The van der Waals surface area contributed by atoms with Crippen molar-refractivity contribution < 1.29 is 17.9 Å². The van der Waals surface area contributed by atoms with Gasteiger partial charge in [-0.2, -0.15) is 0 Å². The van der Waals surface area contributed by atoms with Crippen molar-refractivity contribution in [3.8, 4) is 18.1 Å². The molecule has 1 aliphatic carbocycles. The summed E-state index contributed by atoms with van der Waals surface area (Å²) in [5.41, 5.74) is 6.33. The van der Waals surface area contributed by atoms with Crippen molar-refractivity contribution in [2.75, 3.05) is 11.9 Å². The van der Waals surface area contributed by atoms with Crippen LogP contribution in [0.25, 0.3) is 11.0 Å². The molecule has 0 bridgehead atoms. The lowest BCUT2D eigenvalue weighted by atomic mass is 9.85. The summed E-state index contributed by atoms with van der Waals surface area (Å²) in [4.78, 5) is 17.2. The molecule has 1 aliphatic heterocycles. The van der Waals surface area contributed by atoms with Gasteiger partial charge in [-0.1, -0.05) is 17.7 Å². The first-order valence-corrected chi connectivity index (χ1v) is 11.1. The second-order valence-corrected chi connectivity index (χ2v) is 9.67. The normalized spacial score (nSPS) is 25.4. The zero-order valence-corrected chi connectivity index (χ0v) is 18.7. The van der Waals surface area contributed by atoms with Gasteiger partial charge in [-0.3, -0.25) is 4.99 Å². The lowest BCUT2D eigenvalue weighted by molar-refractivity contribution is 0.124. The molecule has 5 rings (SSSR count). The van der Waals surface area contributed by atoms with E-state index in [4.69, 9.17) is 16.9 Å². The fraction of sp³-hybridized carbons (Fsp3) is 0.304. The molecular formula is C23H19F3N6OS. The first-order chi connectivity index (χ1) is 16.3. The number of anilines is 2. The standard InChI is InChI=1S/C23H19F3N6OS/c1-3-6-33-13-8-16-18(28-10-13)19(30-11-29-16)31-12-4-5-15(24)14(7-12)22(2)17-9-23(17,20(25)26)34-21(27)32-22/h1,4-5,7-8,10-11,17,20H,6,9H2,2H3,(H2,27,32)(H,29,30,31)/t17-,22+,23-/m0/s1. The topological polar surface area (TPSA) is 98.3 Å². The van der Waals surface area contributed by atoms with Crippen LogP contribution in [0.1, 0.15) is 18.9 Å². The monoisotopic (exact) mass is 484 g/mol. The van der Waals surface area contributed by atoms with E-state index in [2.05, 4.69) is 31.2 Å². The highest BCUT2D eigenvalue weighted by molar-refractivity contribution is 8.15. The molecule has 7 nitrogen and oxygen atoms in total. The molecule has 3 heterocycles. The first-order valence-electron chi connectivity index (χ1n) is 10.3. The van der Waals surface area contributed by atoms with E-state index < -0.39 is 28.4 Å². The maximum absolute atomic E-state index is 15.0. The number of nitrogens with one attached hydrogen (secondary N) is 1. The number of nitrogens with zero attached hydrogens (tertiary/aromatic N) is 4. The van der Waals surface area contributed by atoms with Crippen LogP contribution in [0.4, 0.5) is 24.7 Å². The Kier molecular flexibility index (Phi) is 5.28. The fourth-order valence-electron chi connectivity index (χ4n) is 4.45. The minimum atomic E-state index is -2.59. The van der Waals surface area contributed by atoms with Gasteiger partial charge < -0.3 is 15.8 Å². The molecule has 3 atom stereocenters. The summed E-state index contributed by atoms with van der Waals surface area (Å²) in [6.45, 7) is 1.75. The molecule has 3 aromatic rings. The number of benzene rings is 1. The lowest BCUT2D eigenvalue weighted by Gasteiger charge is -2.34. The van der Waals surface area contributed by atoms with Crippen molar-refractivity contribution >= 4 is 39.5 Å². The van der Waals surface area contributed by atoms with Gasteiger partial charge in [0.05, 0.1) is 22.0 Å². The lowest BCUT2D eigenvalue weighted by Crippen LogP contribution is -2.38. The van der Waals surface area contributed by atoms with Crippen LogP contribution in [0.3, 0.4) is 0 Å². The highest BCUT2D eigenvalue weighted by Gasteiger charge is 2.71. The van der Waals surface area contributed by atoms with E-state index in [0.717, 1.165) is 11.8 Å². The van der Waals surface area contributed by atoms with Crippen LogP contribution >= 0.6 is 11.8 Å². The number of amidine groups is 1. The summed E-state index contributed by atoms with van der Waals surface area (Å²) < 4.78 is 46.7. The molecule has 1 fully saturated rings. The summed E-state index contributed by atoms with van der Waals surface area (Å²) in [6, 6.07) is 6.02. The third-order valence-corrected chi connectivity index (χ3v) is 7.49. The van der Waals surface area contributed by atoms with E-state index in [-0.39, 0.29) is 23.8 Å². The number of nitrogens with two attached hydrogens (primary N) is 1. The van der Waals surface area contributed by atoms with E-state index in [0.29, 0.717) is 28.3 Å². The summed E-state index contributed by atoms with van der Waals surface area (Å²) in [5.74, 6) is 2.14. The number of alkyl halides is 2. The Morgan fingerprint density at radius 1 is 1.32 bits per heavy atom. The number of thioether (sulfide) groups is 1. The molecule has 34 heavy (non-hydrogen) atoms. The summed E-state index contributed by atoms with van der Waals surface area (Å²) >= 11 is 0.881. The number of aliphatic imine (C=N–C) groups is 1. The minimum Gasteiger partial charge on any atom is -0.479 e. The van der Waals surface area contributed by atoms with Gasteiger partial charge >= 0.3 is 0 Å². The van der Waals surface area contributed by atoms with Gasteiger partial charge in [-0.25, -0.2) is 28.1 Å². The molecule has 0 unspecified atom stereocenters. The van der Waals surface area contributed by atoms with Crippen LogP contribution in [0.15, 0.2) is 41.8 Å². The summed E-state index contributed by atoms with van der Waals surface area (Å²) in [7, 11) is 0. The Morgan fingerprint density at radius 2 is 2.15 bits per heavy atom. The zero-order valence-electron chi connectivity index (χ0n) is 17.9. The predicted octanol–water partition coefficient (Wildman–Crippen LogP) is 4.22. The smallest absolute Gasteiger partial charge is 0.253 e. The third kappa shape index (κ3) is 3.58. The van der Waals surface area contributed by atoms with E-state index in [1.165, 1.54) is 24.7 Å². The number of hydrogen-bond acceptors (Lipinski definition) is 8. The third-order valence-electron chi connectivity index (χ3n) is 6.18. The number of fused-ring (bicyclic) bond motifs is 2. The predicted molar refractivity (Wildman–Crippen MR) is 125 cm³/mol. The second kappa shape index (κ2) is 8.06. The molecule has 11 heteroatoms. The van der Waals surface area contributed by atoms with Gasteiger partial charge in [0.25, 0.3) is 6.43 Å². The number of pyridine rings is 1. The maximum Gasteiger partial charge on any atom is 0.253 e. The van der Waals surface area contributed by atoms with Gasteiger partial charge in [0.15, 0.2) is 11.0 Å². The number of halogens is 3. The van der Waals surface area contributed by atoms with Crippen LogP contribution in [0.2, 0.25) is 0 Å². The molecule has 2 aliphatic rings. The van der Waals surface area contributed by atoms with Crippen molar-refractivity contribution in [1.82, 2.24) is 15.0 Å². The Hall–Kier alpha value is -3.52. The maximum atomic E-state index is 15.0. The molecular weight excluding hydrogens is 465 g/mol. The molecule has 1 saturated carbocycles. The van der Waals surface area contributed by atoms with Crippen molar-refractivity contribution in [1.29, 1.82) is 0 Å². The van der Waals surface area contributed by atoms with Gasteiger partial charge in [-0.05, 0) is 31.5 Å². The Labute approximate surface area is 197 Å². The van der Waals surface area contributed by atoms with Crippen LogP contribution in [0.5, 0.6) is 5.75 Å². The van der Waals surface area contributed by atoms with E-state index in [1.54, 1.807) is 19.1 Å². The van der Waals surface area contributed by atoms with Crippen LogP contribution in [-0.4, -0.2) is 37.9 Å². The second-order valence-electron chi connectivity index (χ2n) is 8.29. The van der Waals surface area contributed by atoms with Gasteiger partial charge in [-0.15, -0.1) is 6.42 Å². The molecule has 0 radical (unpaired) electrons. The largest absolute Gasteiger partial charge is 0.479 e. The van der Waals surface area contributed by atoms with Gasteiger partial charge in [0.2, 0.25) is 0 Å². The zero-order chi connectivity index (χ0) is 24.1. The average Bonchev–Trinajstić information content (AvgIpc) is 3.56. The minimum absolute atomic E-state index is 0.0307. The van der Waals surface area contributed by atoms with Crippen LogP contribution < -0.4 is 15.8 Å². The molecule has 2 aromatic heterocycles. The van der Waals surface area contributed by atoms with Gasteiger partial charge in [0, 0.05) is 23.2 Å². The number of aromatic nitrogens is 3. The Bertz CT molecular complexity index is 1360. The number of ether oxygens (including phenoxy) is 1. The highest BCUT2D eigenvalue weighted by Crippen LogP contribution is 2.68. The fourth-order valence-corrected chi connectivity index (χ4v) is 5.79. The number of rotatable bonds is 6. The van der Waals surface area contributed by atoms with Crippen molar-refractivity contribution in [3.63, 3.8) is 0 Å². The highest BCUT2D eigenvalue weighted by atomic mass is 32.2. The Morgan fingerprint density at radius 3 is 2.91 bits per heavy atom. The average molecular weight is 485 g/mol. The SMILES string of the molecule is C#CCOc1cnc2c(Nc3ccc(F)c([C@@]4(C)N=C(N)S[C@@]5(C(F)F)C[C@@H]45)c3)ncnc2c1. The molecule has 1 aromatic carbocycles. The quantitative estimate of drug-likeness (QED) is 0.506. The molecule has 0 spiro atoms. The Balaban J connectivity index is 1.49. The van der Waals surface area contributed by atoms with E-state index in [1.807, 2.05) is 0 Å². The molecule has 174 valence electrons. The van der Waals surface area contributed by atoms with E-state index >= 15 is 0 Å². The first kappa shape index (κ1) is 22.3. The van der Waals surface area contributed by atoms with E-state index in [9.17, 15) is 13.2 Å². The molecule has 0 amide bonds. The van der Waals surface area contributed by atoms with Crippen molar-refractivity contribution in [2.45, 2.75) is 30.1 Å². The van der Waals surface area contributed by atoms with Crippen LogP contribution in [-0.2, 0) is 5.54 Å².